The smallest absolute Gasteiger partial charge is 0.280 e. The Morgan fingerprint density at radius 3 is 2.44 bits per heavy atom. The van der Waals surface area contributed by atoms with Gasteiger partial charge >= 0.3 is 0 Å². The zero-order chi connectivity index (χ0) is 25.5. The van der Waals surface area contributed by atoms with Gasteiger partial charge in [0.15, 0.2) is 5.65 Å². The molecule has 0 fully saturated rings. The highest BCUT2D eigenvalue weighted by Gasteiger charge is 2.18. The number of hydrogen-bond donors (Lipinski definition) is 2. The number of carbonyl (C=O) groups excluding carboxylic acids is 1. The molecule has 4 aromatic rings. The van der Waals surface area contributed by atoms with Crippen molar-refractivity contribution in [3.8, 4) is 11.4 Å². The van der Waals surface area contributed by atoms with E-state index in [0.717, 1.165) is 23.4 Å². The van der Waals surface area contributed by atoms with Crippen molar-refractivity contribution in [3.05, 3.63) is 82.3 Å². The number of hydroxylamine groups is 1. The predicted molar refractivity (Wildman–Crippen MR) is 136 cm³/mol. The van der Waals surface area contributed by atoms with Gasteiger partial charge in [-0.1, -0.05) is 19.1 Å². The molecule has 0 bridgehead atoms. The third kappa shape index (κ3) is 5.51. The second kappa shape index (κ2) is 11.4. The van der Waals surface area contributed by atoms with Crippen molar-refractivity contribution < 1.29 is 19.1 Å². The van der Waals surface area contributed by atoms with Crippen LogP contribution in [0.15, 0.2) is 65.7 Å². The number of carbonyl (C=O) groups is 1. The number of pyridine rings is 1. The largest absolute Gasteiger partial charge is 0.491 e. The van der Waals surface area contributed by atoms with Crippen LogP contribution >= 0.6 is 0 Å². The van der Waals surface area contributed by atoms with E-state index in [1.807, 2.05) is 48.5 Å². The average Bonchev–Trinajstić information content (AvgIpc) is 2.90. The molecule has 0 atom stereocenters. The van der Waals surface area contributed by atoms with E-state index in [0.29, 0.717) is 30.6 Å². The van der Waals surface area contributed by atoms with E-state index >= 15 is 0 Å². The van der Waals surface area contributed by atoms with E-state index in [1.165, 1.54) is 19.5 Å². The first-order valence-corrected chi connectivity index (χ1v) is 11.4. The van der Waals surface area contributed by atoms with Crippen LogP contribution in [0.5, 0.6) is 5.75 Å². The van der Waals surface area contributed by atoms with Crippen LogP contribution in [0.25, 0.3) is 16.7 Å². The number of rotatable bonds is 10. The summed E-state index contributed by atoms with van der Waals surface area (Å²) in [6.45, 7) is 3.03. The van der Waals surface area contributed by atoms with Crippen LogP contribution in [0.3, 0.4) is 0 Å². The van der Waals surface area contributed by atoms with Gasteiger partial charge in [0.2, 0.25) is 11.4 Å². The summed E-state index contributed by atoms with van der Waals surface area (Å²) >= 11 is 0. The maximum atomic E-state index is 13.1. The SMILES string of the molecule is CCc1ccc(-n2cc(C(=O)NOC)c(=O)c3cnc(Nc4ccc(OCCOC)cc4)nc32)cc1. The Labute approximate surface area is 207 Å². The first-order chi connectivity index (χ1) is 17.5. The Bertz CT molecular complexity index is 1400. The van der Waals surface area contributed by atoms with Crippen LogP contribution < -0.4 is 21.0 Å². The van der Waals surface area contributed by atoms with E-state index in [9.17, 15) is 9.59 Å². The molecular weight excluding hydrogens is 462 g/mol. The lowest BCUT2D eigenvalue weighted by Gasteiger charge is -2.14. The van der Waals surface area contributed by atoms with E-state index in [4.69, 9.17) is 14.3 Å². The van der Waals surface area contributed by atoms with Crippen LogP contribution in [0.4, 0.5) is 11.6 Å². The molecule has 0 aliphatic rings. The van der Waals surface area contributed by atoms with Crippen LogP contribution in [0.2, 0.25) is 0 Å². The molecule has 2 N–H and O–H groups in total. The minimum atomic E-state index is -0.654. The number of anilines is 2. The zero-order valence-electron chi connectivity index (χ0n) is 20.3. The second-order valence-electron chi connectivity index (χ2n) is 7.82. The molecule has 36 heavy (non-hydrogen) atoms. The van der Waals surface area contributed by atoms with Gasteiger partial charge in [-0.3, -0.25) is 14.4 Å². The molecule has 10 heteroatoms. The maximum Gasteiger partial charge on any atom is 0.280 e. The quantitative estimate of drug-likeness (QED) is 0.257. The highest BCUT2D eigenvalue weighted by Crippen LogP contribution is 2.21. The summed E-state index contributed by atoms with van der Waals surface area (Å²) in [5.74, 6) is 0.351. The highest BCUT2D eigenvalue weighted by molar-refractivity contribution is 5.96. The number of aryl methyl sites for hydroxylation is 1. The van der Waals surface area contributed by atoms with Gasteiger partial charge in [0.1, 0.15) is 17.9 Å². The lowest BCUT2D eigenvalue weighted by molar-refractivity contribution is 0.0536. The first-order valence-electron chi connectivity index (χ1n) is 11.4. The molecule has 2 aromatic heterocycles. The number of methoxy groups -OCH3 is 1. The third-order valence-electron chi connectivity index (χ3n) is 5.47. The molecule has 0 saturated heterocycles. The lowest BCUT2D eigenvalue weighted by Crippen LogP contribution is -2.29. The fourth-order valence-electron chi connectivity index (χ4n) is 3.58. The molecule has 186 valence electrons. The molecule has 0 spiro atoms. The first kappa shape index (κ1) is 24.8. The topological polar surface area (TPSA) is 117 Å². The van der Waals surface area contributed by atoms with Crippen molar-refractivity contribution in [2.75, 3.05) is 32.8 Å². The summed E-state index contributed by atoms with van der Waals surface area (Å²) in [6.07, 6.45) is 3.76. The van der Waals surface area contributed by atoms with Gasteiger partial charge in [0.25, 0.3) is 5.91 Å². The summed E-state index contributed by atoms with van der Waals surface area (Å²) in [7, 11) is 2.93. The molecule has 1 amide bonds. The van der Waals surface area contributed by atoms with Crippen molar-refractivity contribution >= 4 is 28.6 Å². The molecule has 4 rings (SSSR count). The number of fused-ring (bicyclic) bond motifs is 1. The van der Waals surface area contributed by atoms with Crippen LogP contribution in [-0.2, 0) is 16.0 Å². The predicted octanol–water partition coefficient (Wildman–Crippen LogP) is 3.40. The minimum absolute atomic E-state index is 0.0858. The maximum absolute atomic E-state index is 13.1. The summed E-state index contributed by atoms with van der Waals surface area (Å²) < 4.78 is 12.3. The van der Waals surface area contributed by atoms with Gasteiger partial charge in [-0.05, 0) is 48.4 Å². The lowest BCUT2D eigenvalue weighted by atomic mass is 10.1. The molecule has 0 unspecified atom stereocenters. The van der Waals surface area contributed by atoms with Gasteiger partial charge in [0.05, 0.1) is 19.1 Å². The fraction of sp³-hybridized carbons (Fsp3) is 0.231. The summed E-state index contributed by atoms with van der Waals surface area (Å²) in [6, 6.07) is 15.1. The molecule has 0 aliphatic heterocycles. The Balaban J connectivity index is 1.73. The Hall–Kier alpha value is -4.28. The highest BCUT2D eigenvalue weighted by atomic mass is 16.6. The Kier molecular flexibility index (Phi) is 7.89. The van der Waals surface area contributed by atoms with Crippen LogP contribution in [0, 0.1) is 0 Å². The van der Waals surface area contributed by atoms with Gasteiger partial charge in [-0.2, -0.15) is 4.98 Å². The van der Waals surface area contributed by atoms with Crippen LogP contribution in [0.1, 0.15) is 22.8 Å². The van der Waals surface area contributed by atoms with Gasteiger partial charge in [0, 0.05) is 30.9 Å². The van der Waals surface area contributed by atoms with Crippen molar-refractivity contribution in [1.82, 2.24) is 20.0 Å². The number of nitrogens with one attached hydrogen (secondary N) is 2. The Morgan fingerprint density at radius 2 is 1.78 bits per heavy atom. The van der Waals surface area contributed by atoms with Crippen LogP contribution in [-0.4, -0.2) is 47.9 Å². The summed E-state index contributed by atoms with van der Waals surface area (Å²) in [4.78, 5) is 39.2. The monoisotopic (exact) mass is 489 g/mol. The van der Waals surface area contributed by atoms with E-state index < -0.39 is 11.3 Å². The van der Waals surface area contributed by atoms with Crippen molar-refractivity contribution in [1.29, 1.82) is 0 Å². The Morgan fingerprint density at radius 1 is 1.03 bits per heavy atom. The third-order valence-corrected chi connectivity index (χ3v) is 5.47. The number of aromatic nitrogens is 3. The standard InChI is InChI=1S/C26H27N5O5/c1-4-17-5-9-19(10-6-17)31-16-22(25(33)30-35-3)23(32)21-15-27-26(29-24(21)31)28-18-7-11-20(12-8-18)36-14-13-34-2/h5-12,15-16H,4,13-14H2,1-3H3,(H,30,33)(H,27,28,29). The van der Waals surface area contributed by atoms with Crippen molar-refractivity contribution in [3.63, 3.8) is 0 Å². The number of benzene rings is 2. The minimum Gasteiger partial charge on any atom is -0.491 e. The molecule has 2 aromatic carbocycles. The van der Waals surface area contributed by atoms with Crippen molar-refractivity contribution in [2.45, 2.75) is 13.3 Å². The van der Waals surface area contributed by atoms with E-state index in [2.05, 4.69) is 27.7 Å². The average molecular weight is 490 g/mol. The molecule has 0 radical (unpaired) electrons. The fourth-order valence-corrected chi connectivity index (χ4v) is 3.58. The molecule has 10 nitrogen and oxygen atoms in total. The molecule has 0 saturated carbocycles. The number of ether oxygens (including phenoxy) is 2. The number of nitrogens with zero attached hydrogens (tertiary/aromatic N) is 3. The van der Waals surface area contributed by atoms with E-state index in [-0.39, 0.29) is 10.9 Å². The number of amides is 1. The second-order valence-corrected chi connectivity index (χ2v) is 7.82. The molecule has 2 heterocycles. The van der Waals surface area contributed by atoms with E-state index in [1.54, 1.807) is 11.7 Å². The zero-order valence-corrected chi connectivity index (χ0v) is 20.3. The van der Waals surface area contributed by atoms with Gasteiger partial charge in [-0.25, -0.2) is 10.5 Å². The number of hydrogen-bond acceptors (Lipinski definition) is 8. The molecule has 0 aliphatic carbocycles. The normalized spacial score (nSPS) is 10.9. The van der Waals surface area contributed by atoms with Crippen molar-refractivity contribution in [2.24, 2.45) is 0 Å². The van der Waals surface area contributed by atoms with Gasteiger partial charge in [-0.15, -0.1) is 0 Å². The molecular formula is C26H27N5O5. The summed E-state index contributed by atoms with van der Waals surface area (Å²) in [5, 5.41) is 3.35. The van der Waals surface area contributed by atoms with Gasteiger partial charge < -0.3 is 19.4 Å². The summed E-state index contributed by atoms with van der Waals surface area (Å²) in [5.41, 5.74) is 4.62.